The number of nitrogens with zero attached hydrogens (tertiary/aromatic N) is 3. The Morgan fingerprint density at radius 3 is 2.88 bits per heavy atom. The molecule has 24 heavy (non-hydrogen) atoms. The molecule has 0 unspecified atom stereocenters. The highest BCUT2D eigenvalue weighted by atomic mass is 16.5. The molecule has 2 aromatic rings. The molecule has 1 aliphatic carbocycles. The van der Waals surface area contributed by atoms with Gasteiger partial charge in [0.25, 0.3) is 0 Å². The van der Waals surface area contributed by atoms with E-state index >= 15 is 0 Å². The molecule has 3 rings (SSSR count). The Kier molecular flexibility index (Phi) is 5.56. The van der Waals surface area contributed by atoms with Crippen molar-refractivity contribution < 1.29 is 9.32 Å². The van der Waals surface area contributed by atoms with Crippen LogP contribution in [0, 0.1) is 6.92 Å². The smallest absolute Gasteiger partial charge is 0.228 e. The molecule has 0 aromatic carbocycles. The van der Waals surface area contributed by atoms with Crippen LogP contribution in [0.3, 0.4) is 0 Å². The fourth-order valence-corrected chi connectivity index (χ4v) is 3.14. The van der Waals surface area contributed by atoms with Crippen molar-refractivity contribution in [1.82, 2.24) is 20.4 Å². The summed E-state index contributed by atoms with van der Waals surface area (Å²) in [5.41, 5.74) is 2.28. The van der Waals surface area contributed by atoms with Gasteiger partial charge in [-0.1, -0.05) is 30.5 Å². The zero-order chi connectivity index (χ0) is 16.8. The Bertz CT molecular complexity index is 677. The number of amides is 1. The van der Waals surface area contributed by atoms with Crippen molar-refractivity contribution in [2.24, 2.45) is 0 Å². The van der Waals surface area contributed by atoms with E-state index in [9.17, 15) is 4.79 Å². The Morgan fingerprint density at radius 1 is 1.25 bits per heavy atom. The Hall–Kier alpha value is -2.24. The van der Waals surface area contributed by atoms with Gasteiger partial charge in [0.2, 0.25) is 11.8 Å². The second-order valence-corrected chi connectivity index (χ2v) is 6.55. The third kappa shape index (κ3) is 4.88. The normalized spacial score (nSPS) is 15.4. The van der Waals surface area contributed by atoms with Crippen LogP contribution >= 0.6 is 0 Å². The van der Waals surface area contributed by atoms with E-state index in [4.69, 9.17) is 4.52 Å². The molecule has 2 aromatic heterocycles. The highest BCUT2D eigenvalue weighted by Crippen LogP contribution is 2.17. The van der Waals surface area contributed by atoms with Gasteiger partial charge in [-0.3, -0.25) is 9.78 Å². The van der Waals surface area contributed by atoms with Gasteiger partial charge in [-0.05, 0) is 37.3 Å². The second-order valence-electron chi connectivity index (χ2n) is 6.55. The lowest BCUT2D eigenvalue weighted by Crippen LogP contribution is -2.37. The van der Waals surface area contributed by atoms with E-state index in [1.807, 2.05) is 19.3 Å². The highest BCUT2D eigenvalue weighted by Gasteiger charge is 2.17. The van der Waals surface area contributed by atoms with E-state index in [2.05, 4.69) is 26.5 Å². The summed E-state index contributed by atoms with van der Waals surface area (Å²) in [4.78, 5) is 20.6. The number of hydrogen-bond donors (Lipinski definition) is 1. The van der Waals surface area contributed by atoms with Crippen molar-refractivity contribution in [3.05, 3.63) is 41.3 Å². The molecule has 128 valence electrons. The summed E-state index contributed by atoms with van der Waals surface area (Å²) in [7, 11) is 0. The summed E-state index contributed by atoms with van der Waals surface area (Å²) >= 11 is 0. The van der Waals surface area contributed by atoms with Gasteiger partial charge in [0, 0.05) is 24.9 Å². The van der Waals surface area contributed by atoms with Gasteiger partial charge >= 0.3 is 0 Å². The van der Waals surface area contributed by atoms with Gasteiger partial charge in [-0.15, -0.1) is 0 Å². The molecule has 6 nitrogen and oxygen atoms in total. The zero-order valence-corrected chi connectivity index (χ0v) is 14.1. The van der Waals surface area contributed by atoms with E-state index in [0.717, 1.165) is 30.4 Å². The average Bonchev–Trinajstić information content (AvgIpc) is 3.01. The minimum Gasteiger partial charge on any atom is -0.353 e. The monoisotopic (exact) mass is 328 g/mol. The van der Waals surface area contributed by atoms with E-state index in [-0.39, 0.29) is 12.3 Å². The maximum atomic E-state index is 12.1. The molecule has 0 radical (unpaired) electrons. The van der Waals surface area contributed by atoms with Crippen molar-refractivity contribution in [2.75, 3.05) is 0 Å². The first-order valence-electron chi connectivity index (χ1n) is 8.70. The first-order valence-corrected chi connectivity index (χ1v) is 8.70. The van der Waals surface area contributed by atoms with Crippen molar-refractivity contribution in [2.45, 2.75) is 64.3 Å². The van der Waals surface area contributed by atoms with Gasteiger partial charge in [0.05, 0.1) is 6.42 Å². The first kappa shape index (κ1) is 16.6. The summed E-state index contributed by atoms with van der Waals surface area (Å²) in [6, 6.07) is 2.41. The minimum absolute atomic E-state index is 0.0165. The lowest BCUT2D eigenvalue weighted by atomic mass is 9.95. The topological polar surface area (TPSA) is 80.9 Å². The standard InChI is InChI=1S/C18H24N4O2/c1-13-9-14(12-19-11-13)7-8-18-21-16(22-24-18)10-17(23)20-15-5-3-2-4-6-15/h9,11-12,15H,2-8,10H2,1H3,(H,20,23). The molecule has 0 bridgehead atoms. The number of rotatable bonds is 6. The van der Waals surface area contributed by atoms with Crippen LogP contribution < -0.4 is 5.32 Å². The SMILES string of the molecule is Cc1cncc(CCc2nc(CC(=O)NC3CCCCC3)no2)c1. The van der Waals surface area contributed by atoms with Crippen LogP contribution in [-0.4, -0.2) is 27.1 Å². The van der Waals surface area contributed by atoms with Crippen LogP contribution in [0.25, 0.3) is 0 Å². The van der Waals surface area contributed by atoms with E-state index in [1.54, 1.807) is 0 Å². The van der Waals surface area contributed by atoms with Crippen LogP contribution in [0.2, 0.25) is 0 Å². The summed E-state index contributed by atoms with van der Waals surface area (Å²) in [5, 5.41) is 6.99. The van der Waals surface area contributed by atoms with Gasteiger partial charge in [-0.2, -0.15) is 4.98 Å². The fraction of sp³-hybridized carbons (Fsp3) is 0.556. The van der Waals surface area contributed by atoms with Crippen LogP contribution in [-0.2, 0) is 24.1 Å². The van der Waals surface area contributed by atoms with E-state index in [1.165, 1.54) is 19.3 Å². The predicted molar refractivity (Wildman–Crippen MR) is 89.4 cm³/mol. The van der Waals surface area contributed by atoms with Crippen LogP contribution in [0.4, 0.5) is 0 Å². The molecule has 1 aliphatic rings. The maximum absolute atomic E-state index is 12.1. The number of aryl methyl sites for hydroxylation is 3. The Labute approximate surface area is 142 Å². The third-order valence-corrected chi connectivity index (χ3v) is 4.36. The first-order chi connectivity index (χ1) is 11.7. The molecule has 6 heteroatoms. The van der Waals surface area contributed by atoms with Gasteiger partial charge in [0.1, 0.15) is 0 Å². The van der Waals surface area contributed by atoms with E-state index in [0.29, 0.717) is 24.2 Å². The lowest BCUT2D eigenvalue weighted by Gasteiger charge is -2.22. The minimum atomic E-state index is -0.0165. The number of carbonyl (C=O) groups excluding carboxylic acids is 1. The summed E-state index contributed by atoms with van der Waals surface area (Å²) in [5.74, 6) is 1.01. The molecular formula is C18H24N4O2. The Balaban J connectivity index is 1.47. The molecule has 1 amide bonds. The van der Waals surface area contributed by atoms with Crippen LogP contribution in [0.1, 0.15) is 54.9 Å². The molecule has 2 heterocycles. The van der Waals surface area contributed by atoms with Crippen molar-refractivity contribution >= 4 is 5.91 Å². The van der Waals surface area contributed by atoms with E-state index < -0.39 is 0 Å². The fourth-order valence-electron chi connectivity index (χ4n) is 3.14. The lowest BCUT2D eigenvalue weighted by molar-refractivity contribution is -0.121. The largest absolute Gasteiger partial charge is 0.353 e. The molecule has 0 aliphatic heterocycles. The quantitative estimate of drug-likeness (QED) is 0.881. The maximum Gasteiger partial charge on any atom is 0.228 e. The van der Waals surface area contributed by atoms with Gasteiger partial charge < -0.3 is 9.84 Å². The number of pyridine rings is 1. The average molecular weight is 328 g/mol. The number of hydrogen-bond acceptors (Lipinski definition) is 5. The van der Waals surface area contributed by atoms with Crippen LogP contribution in [0.15, 0.2) is 23.0 Å². The second kappa shape index (κ2) is 8.04. The zero-order valence-electron chi connectivity index (χ0n) is 14.1. The predicted octanol–water partition coefficient (Wildman–Crippen LogP) is 2.55. The molecule has 1 fully saturated rings. The number of aromatic nitrogens is 3. The van der Waals surface area contributed by atoms with Crippen molar-refractivity contribution in [1.29, 1.82) is 0 Å². The summed E-state index contributed by atoms with van der Waals surface area (Å²) in [6.45, 7) is 2.02. The van der Waals surface area contributed by atoms with Crippen molar-refractivity contribution in [3.63, 3.8) is 0 Å². The molecular weight excluding hydrogens is 304 g/mol. The number of nitrogens with one attached hydrogen (secondary N) is 1. The van der Waals surface area contributed by atoms with Gasteiger partial charge in [-0.25, -0.2) is 0 Å². The Morgan fingerprint density at radius 2 is 2.08 bits per heavy atom. The van der Waals surface area contributed by atoms with Crippen LogP contribution in [0.5, 0.6) is 0 Å². The number of carbonyl (C=O) groups is 1. The molecule has 0 spiro atoms. The van der Waals surface area contributed by atoms with Crippen molar-refractivity contribution in [3.8, 4) is 0 Å². The highest BCUT2D eigenvalue weighted by molar-refractivity contribution is 5.78. The molecule has 0 saturated heterocycles. The third-order valence-electron chi connectivity index (χ3n) is 4.36. The van der Waals surface area contributed by atoms with Gasteiger partial charge in [0.15, 0.2) is 5.82 Å². The molecule has 1 saturated carbocycles. The molecule has 0 atom stereocenters. The summed E-state index contributed by atoms with van der Waals surface area (Å²) < 4.78 is 5.25. The molecule has 1 N–H and O–H groups in total. The summed E-state index contributed by atoms with van der Waals surface area (Å²) in [6.07, 6.45) is 11.1.